The number of hydrogen-bond donors (Lipinski definition) is 2. The summed E-state index contributed by atoms with van der Waals surface area (Å²) >= 11 is 0. The molecule has 0 aliphatic rings. The Morgan fingerprint density at radius 1 is 1.64 bits per heavy atom. The molecule has 1 rings (SSSR count). The minimum Gasteiger partial charge on any atom is -0.396 e. The third-order valence-corrected chi connectivity index (χ3v) is 1.58. The van der Waals surface area contributed by atoms with Crippen LogP contribution in [0.15, 0.2) is 18.2 Å². The second-order valence-electron chi connectivity index (χ2n) is 2.57. The number of amides is 1. The maximum Gasteiger partial charge on any atom is 0.277 e. The number of carbonyl (C=O) groups excluding carboxylic acids is 1. The Balaban J connectivity index is 2.84. The topological polar surface area (TPSA) is 64.3 Å². The fraction of sp³-hybridized carbons (Fsp3) is 0.222. The first-order valence-corrected chi connectivity index (χ1v) is 4.13. The van der Waals surface area contributed by atoms with E-state index in [0.29, 0.717) is 6.61 Å². The van der Waals surface area contributed by atoms with Gasteiger partial charge in [0.15, 0.2) is 5.82 Å². The van der Waals surface area contributed by atoms with Crippen LogP contribution in [0.3, 0.4) is 0 Å². The van der Waals surface area contributed by atoms with Gasteiger partial charge in [-0.3, -0.25) is 9.63 Å². The van der Waals surface area contributed by atoms with Crippen LogP contribution in [0.25, 0.3) is 0 Å². The van der Waals surface area contributed by atoms with Crippen molar-refractivity contribution < 1.29 is 14.0 Å². The molecule has 1 aromatic carbocycles. The van der Waals surface area contributed by atoms with Gasteiger partial charge in [0.2, 0.25) is 0 Å². The summed E-state index contributed by atoms with van der Waals surface area (Å²) in [7, 11) is 0. The zero-order valence-electron chi connectivity index (χ0n) is 7.71. The molecule has 0 aliphatic heterocycles. The van der Waals surface area contributed by atoms with Crippen molar-refractivity contribution >= 4 is 11.6 Å². The summed E-state index contributed by atoms with van der Waals surface area (Å²) in [6.45, 7) is 2.02. The van der Waals surface area contributed by atoms with Crippen LogP contribution in [0.2, 0.25) is 0 Å². The van der Waals surface area contributed by atoms with E-state index in [2.05, 4.69) is 10.3 Å². The fourth-order valence-electron chi connectivity index (χ4n) is 0.918. The molecule has 0 fully saturated rings. The normalized spacial score (nSPS) is 9.86. The van der Waals surface area contributed by atoms with Gasteiger partial charge in [0.05, 0.1) is 17.9 Å². The highest BCUT2D eigenvalue weighted by atomic mass is 19.1. The van der Waals surface area contributed by atoms with Gasteiger partial charge in [0, 0.05) is 0 Å². The lowest BCUT2D eigenvalue weighted by molar-refractivity contribution is 0.0361. The third-order valence-electron chi connectivity index (χ3n) is 1.58. The molecule has 0 heterocycles. The Morgan fingerprint density at radius 2 is 2.36 bits per heavy atom. The summed E-state index contributed by atoms with van der Waals surface area (Å²) in [5.74, 6) is -1.37. The zero-order valence-corrected chi connectivity index (χ0v) is 7.71. The summed E-state index contributed by atoms with van der Waals surface area (Å²) in [5, 5.41) is 0. The highest BCUT2D eigenvalue weighted by Crippen LogP contribution is 2.14. The van der Waals surface area contributed by atoms with Crippen LogP contribution in [0, 0.1) is 5.82 Å². The zero-order chi connectivity index (χ0) is 10.6. The predicted molar refractivity (Wildman–Crippen MR) is 49.9 cm³/mol. The standard InChI is InChI=1S/C9H11FN2O2/c1-2-14-12-9(13)6-4-3-5-7(11)8(6)10/h3-5H,2,11H2,1H3,(H,12,13). The van der Waals surface area contributed by atoms with E-state index in [1.807, 2.05) is 0 Å². The van der Waals surface area contributed by atoms with Crippen LogP contribution >= 0.6 is 0 Å². The van der Waals surface area contributed by atoms with Gasteiger partial charge in [-0.1, -0.05) is 6.07 Å². The van der Waals surface area contributed by atoms with Crippen molar-refractivity contribution in [2.45, 2.75) is 6.92 Å². The Labute approximate surface area is 80.8 Å². The second-order valence-corrected chi connectivity index (χ2v) is 2.57. The molecule has 4 nitrogen and oxygen atoms in total. The van der Waals surface area contributed by atoms with Crippen molar-refractivity contribution in [2.75, 3.05) is 12.3 Å². The SMILES string of the molecule is CCONC(=O)c1cccc(N)c1F. The molecule has 0 radical (unpaired) electrons. The van der Waals surface area contributed by atoms with Crippen molar-refractivity contribution in [3.05, 3.63) is 29.6 Å². The molecule has 0 saturated heterocycles. The van der Waals surface area contributed by atoms with Crippen molar-refractivity contribution in [1.29, 1.82) is 0 Å². The highest BCUT2D eigenvalue weighted by molar-refractivity contribution is 5.94. The summed E-state index contributed by atoms with van der Waals surface area (Å²) in [6, 6.07) is 4.21. The molecule has 0 unspecified atom stereocenters. The van der Waals surface area contributed by atoms with Gasteiger partial charge in [0.25, 0.3) is 5.91 Å². The monoisotopic (exact) mass is 198 g/mol. The lowest BCUT2D eigenvalue weighted by Crippen LogP contribution is -2.24. The maximum atomic E-state index is 13.2. The molecule has 76 valence electrons. The van der Waals surface area contributed by atoms with E-state index in [0.717, 1.165) is 0 Å². The molecule has 3 N–H and O–H groups in total. The summed E-state index contributed by atoms with van der Waals surface area (Å²) in [5.41, 5.74) is 7.19. The first-order chi connectivity index (χ1) is 6.66. The van der Waals surface area contributed by atoms with E-state index in [1.54, 1.807) is 6.92 Å². The van der Waals surface area contributed by atoms with Gasteiger partial charge in [-0.05, 0) is 19.1 Å². The molecule has 0 atom stereocenters. The predicted octanol–water partition coefficient (Wildman–Crippen LogP) is 1.09. The Morgan fingerprint density at radius 3 is 3.00 bits per heavy atom. The number of rotatable bonds is 3. The average molecular weight is 198 g/mol. The van der Waals surface area contributed by atoms with Crippen LogP contribution < -0.4 is 11.2 Å². The summed E-state index contributed by atoms with van der Waals surface area (Å²) < 4.78 is 13.2. The number of anilines is 1. The Bertz CT molecular complexity index is 342. The van der Waals surface area contributed by atoms with Crippen LogP contribution in [0.1, 0.15) is 17.3 Å². The molecule has 0 bridgehead atoms. The fourth-order valence-corrected chi connectivity index (χ4v) is 0.918. The molecular formula is C9H11FN2O2. The Hall–Kier alpha value is -1.62. The first kappa shape index (κ1) is 10.5. The minimum atomic E-state index is -0.732. The van der Waals surface area contributed by atoms with E-state index in [4.69, 9.17) is 5.73 Å². The molecule has 0 aromatic heterocycles. The molecule has 14 heavy (non-hydrogen) atoms. The van der Waals surface area contributed by atoms with Gasteiger partial charge in [-0.25, -0.2) is 9.87 Å². The van der Waals surface area contributed by atoms with Gasteiger partial charge >= 0.3 is 0 Å². The van der Waals surface area contributed by atoms with Crippen molar-refractivity contribution in [3.63, 3.8) is 0 Å². The van der Waals surface area contributed by atoms with Gasteiger partial charge < -0.3 is 5.73 Å². The smallest absolute Gasteiger partial charge is 0.277 e. The molecule has 1 aromatic rings. The number of nitrogens with one attached hydrogen (secondary N) is 1. The van der Waals surface area contributed by atoms with E-state index in [9.17, 15) is 9.18 Å². The molecule has 0 aliphatic carbocycles. The van der Waals surface area contributed by atoms with Gasteiger partial charge in [-0.2, -0.15) is 0 Å². The molecule has 5 heteroatoms. The number of nitrogen functional groups attached to an aromatic ring is 1. The van der Waals surface area contributed by atoms with Gasteiger partial charge in [0.1, 0.15) is 0 Å². The molecular weight excluding hydrogens is 187 g/mol. The number of benzene rings is 1. The van der Waals surface area contributed by atoms with Crippen molar-refractivity contribution in [3.8, 4) is 0 Å². The van der Waals surface area contributed by atoms with Crippen LogP contribution in [0.5, 0.6) is 0 Å². The van der Waals surface area contributed by atoms with Crippen LogP contribution in [0.4, 0.5) is 10.1 Å². The van der Waals surface area contributed by atoms with Crippen LogP contribution in [-0.2, 0) is 4.84 Å². The second kappa shape index (κ2) is 4.57. The van der Waals surface area contributed by atoms with Crippen LogP contribution in [-0.4, -0.2) is 12.5 Å². The molecule has 0 saturated carbocycles. The van der Waals surface area contributed by atoms with E-state index < -0.39 is 11.7 Å². The maximum absolute atomic E-state index is 13.2. The lowest BCUT2D eigenvalue weighted by atomic mass is 10.2. The van der Waals surface area contributed by atoms with Gasteiger partial charge in [-0.15, -0.1) is 0 Å². The minimum absolute atomic E-state index is 0.0610. The number of halogens is 1. The summed E-state index contributed by atoms with van der Waals surface area (Å²) in [6.07, 6.45) is 0. The van der Waals surface area contributed by atoms with E-state index in [-0.39, 0.29) is 11.3 Å². The third kappa shape index (κ3) is 2.20. The molecule has 0 spiro atoms. The van der Waals surface area contributed by atoms with E-state index in [1.165, 1.54) is 18.2 Å². The number of nitrogens with two attached hydrogens (primary N) is 1. The summed E-state index contributed by atoms with van der Waals surface area (Å²) in [4.78, 5) is 15.9. The number of hydroxylamine groups is 1. The average Bonchev–Trinajstić information content (AvgIpc) is 2.18. The Kier molecular flexibility index (Phi) is 3.41. The van der Waals surface area contributed by atoms with E-state index >= 15 is 0 Å². The number of hydrogen-bond acceptors (Lipinski definition) is 3. The lowest BCUT2D eigenvalue weighted by Gasteiger charge is -2.05. The first-order valence-electron chi connectivity index (χ1n) is 4.13. The van der Waals surface area contributed by atoms with Crippen molar-refractivity contribution in [1.82, 2.24) is 5.48 Å². The highest BCUT2D eigenvalue weighted by Gasteiger charge is 2.12. The number of carbonyl (C=O) groups is 1. The largest absolute Gasteiger partial charge is 0.396 e. The molecule has 1 amide bonds. The quantitative estimate of drug-likeness (QED) is 0.564. The van der Waals surface area contributed by atoms with Crippen molar-refractivity contribution in [2.24, 2.45) is 0 Å².